The topological polar surface area (TPSA) is 72.0 Å². The van der Waals surface area contributed by atoms with Crippen molar-refractivity contribution in [1.29, 1.82) is 0 Å². The van der Waals surface area contributed by atoms with Gasteiger partial charge in [-0.25, -0.2) is 9.78 Å². The van der Waals surface area contributed by atoms with Gasteiger partial charge in [0.1, 0.15) is 11.9 Å². The molecule has 3 aromatic rings. The number of piperidine rings is 1. The number of alkyl halides is 6. The van der Waals surface area contributed by atoms with E-state index in [2.05, 4.69) is 4.98 Å². The molecule has 0 saturated carbocycles. The summed E-state index contributed by atoms with van der Waals surface area (Å²) >= 11 is 0. The monoisotopic (exact) mass is 623 g/mol. The van der Waals surface area contributed by atoms with Crippen LogP contribution in [0.1, 0.15) is 52.4 Å². The predicted molar refractivity (Wildman–Crippen MR) is 150 cm³/mol. The molecule has 0 N–H and O–H groups in total. The van der Waals surface area contributed by atoms with Crippen molar-refractivity contribution in [2.75, 3.05) is 31.6 Å². The molecule has 2 heterocycles. The first-order valence-electron chi connectivity index (χ1n) is 13.9. The molecule has 1 amide bonds. The van der Waals surface area contributed by atoms with Crippen LogP contribution in [0, 0.1) is 6.92 Å². The average Bonchev–Trinajstić information content (AvgIpc) is 2.96. The van der Waals surface area contributed by atoms with Gasteiger partial charge in [0.25, 0.3) is 5.91 Å². The molecule has 7 nitrogen and oxygen atoms in total. The van der Waals surface area contributed by atoms with Gasteiger partial charge in [0, 0.05) is 45.7 Å². The first-order chi connectivity index (χ1) is 20.7. The van der Waals surface area contributed by atoms with Crippen LogP contribution in [0.4, 0.5) is 37.0 Å². The molecule has 2 aromatic carbocycles. The molecule has 1 fully saturated rings. The number of aromatic nitrogens is 1. The SMILES string of the molecule is CCOC(=O)OC1CCN(c2cc(-c3ccccc3C)c(C(=O)N(C)Cc3cc(C(F)(F)F)cc(C(F)(F)F)c3)cn2)CC1. The maximum Gasteiger partial charge on any atom is 0.508 e. The van der Waals surface area contributed by atoms with Gasteiger partial charge in [0.2, 0.25) is 0 Å². The number of halogens is 6. The van der Waals surface area contributed by atoms with E-state index in [1.165, 1.54) is 13.2 Å². The fourth-order valence-corrected chi connectivity index (χ4v) is 5.04. The Balaban J connectivity index is 1.62. The lowest BCUT2D eigenvalue weighted by molar-refractivity contribution is -0.143. The number of rotatable bonds is 7. The minimum absolute atomic E-state index is 0.0516. The van der Waals surface area contributed by atoms with Gasteiger partial charge in [-0.1, -0.05) is 24.3 Å². The fraction of sp³-hybridized carbons (Fsp3) is 0.387. The second-order valence-electron chi connectivity index (χ2n) is 10.5. The Bertz CT molecular complexity index is 1470. The van der Waals surface area contributed by atoms with Gasteiger partial charge in [-0.05, 0) is 60.4 Å². The summed E-state index contributed by atoms with van der Waals surface area (Å²) in [4.78, 5) is 32.9. The molecule has 1 aliphatic rings. The van der Waals surface area contributed by atoms with E-state index in [0.717, 1.165) is 10.5 Å². The lowest BCUT2D eigenvalue weighted by atomic mass is 9.96. The molecule has 0 unspecified atom stereocenters. The van der Waals surface area contributed by atoms with Gasteiger partial charge < -0.3 is 19.3 Å². The molecule has 4 rings (SSSR count). The molecule has 0 radical (unpaired) electrons. The van der Waals surface area contributed by atoms with Crippen molar-refractivity contribution in [1.82, 2.24) is 9.88 Å². The first kappa shape index (κ1) is 32.6. The molecule has 13 heteroatoms. The molecule has 1 aromatic heterocycles. The average molecular weight is 624 g/mol. The molecule has 44 heavy (non-hydrogen) atoms. The Labute approximate surface area is 250 Å². The van der Waals surface area contributed by atoms with E-state index >= 15 is 0 Å². The quantitative estimate of drug-likeness (QED) is 0.201. The summed E-state index contributed by atoms with van der Waals surface area (Å²) in [7, 11) is 1.31. The van der Waals surface area contributed by atoms with Crippen molar-refractivity contribution in [2.24, 2.45) is 0 Å². The Kier molecular flexibility index (Phi) is 9.75. The van der Waals surface area contributed by atoms with E-state index in [0.29, 0.717) is 55.0 Å². The van der Waals surface area contributed by atoms with Gasteiger partial charge in [0.05, 0.1) is 23.3 Å². The van der Waals surface area contributed by atoms with Crippen molar-refractivity contribution in [2.45, 2.75) is 51.7 Å². The summed E-state index contributed by atoms with van der Waals surface area (Å²) in [6.07, 6.45) is -8.63. The number of anilines is 1. The van der Waals surface area contributed by atoms with E-state index in [4.69, 9.17) is 9.47 Å². The van der Waals surface area contributed by atoms with E-state index in [1.807, 2.05) is 30.0 Å². The van der Waals surface area contributed by atoms with Crippen molar-refractivity contribution in [3.63, 3.8) is 0 Å². The third kappa shape index (κ3) is 7.80. The third-order valence-electron chi connectivity index (χ3n) is 7.26. The first-order valence-corrected chi connectivity index (χ1v) is 13.9. The van der Waals surface area contributed by atoms with Crippen LogP contribution in [-0.4, -0.2) is 54.8 Å². The third-order valence-corrected chi connectivity index (χ3v) is 7.26. The predicted octanol–water partition coefficient (Wildman–Crippen LogP) is 7.51. The number of carbonyl (C=O) groups excluding carboxylic acids is 2. The minimum atomic E-state index is -5.00. The molecule has 1 aliphatic heterocycles. The molecule has 0 atom stereocenters. The standard InChI is InChI=1S/C31H31F6N3O4/c1-4-43-29(42)44-23-9-11-40(12-10-23)27-16-25(24-8-6-5-7-19(24)2)26(17-38-27)28(41)39(3)18-20-13-21(30(32,33)34)15-22(14-20)31(35,36)37/h5-8,13-17,23H,4,9-12,18H2,1-3H3. The van der Waals surface area contributed by atoms with Crippen LogP contribution < -0.4 is 4.90 Å². The molecule has 0 aliphatic carbocycles. The molecule has 0 spiro atoms. The van der Waals surface area contributed by atoms with Crippen molar-refractivity contribution in [3.8, 4) is 11.1 Å². The number of ether oxygens (including phenoxy) is 2. The van der Waals surface area contributed by atoms with E-state index in [-0.39, 0.29) is 29.9 Å². The Hall–Kier alpha value is -4.29. The zero-order chi connectivity index (χ0) is 32.2. The normalized spacial score (nSPS) is 14.3. The maximum absolute atomic E-state index is 13.7. The zero-order valence-corrected chi connectivity index (χ0v) is 24.3. The number of aryl methyl sites for hydroxylation is 1. The van der Waals surface area contributed by atoms with E-state index in [1.54, 1.807) is 19.1 Å². The smallest absolute Gasteiger partial charge is 0.435 e. The molecule has 0 bridgehead atoms. The van der Waals surface area contributed by atoms with Crippen LogP contribution in [0.5, 0.6) is 0 Å². The number of hydrogen-bond acceptors (Lipinski definition) is 6. The van der Waals surface area contributed by atoms with Crippen LogP contribution in [0.3, 0.4) is 0 Å². The molecular formula is C31H31F6N3O4. The fourth-order valence-electron chi connectivity index (χ4n) is 5.04. The highest BCUT2D eigenvalue weighted by molar-refractivity contribution is 6.01. The summed E-state index contributed by atoms with van der Waals surface area (Å²) in [5.74, 6) is -0.0699. The number of hydrogen-bond donors (Lipinski definition) is 0. The molecule has 236 valence electrons. The number of pyridine rings is 1. The number of carbonyl (C=O) groups is 2. The van der Waals surface area contributed by atoms with Crippen molar-refractivity contribution in [3.05, 3.63) is 82.5 Å². The minimum Gasteiger partial charge on any atom is -0.435 e. The number of benzene rings is 2. The molecular weight excluding hydrogens is 592 g/mol. The van der Waals surface area contributed by atoms with Gasteiger partial charge in [-0.3, -0.25) is 4.79 Å². The summed E-state index contributed by atoms with van der Waals surface area (Å²) < 4.78 is 90.5. The van der Waals surface area contributed by atoms with Crippen molar-refractivity contribution >= 4 is 17.9 Å². The Morgan fingerprint density at radius 1 is 0.955 bits per heavy atom. The zero-order valence-electron chi connectivity index (χ0n) is 24.3. The summed E-state index contributed by atoms with van der Waals surface area (Å²) in [6, 6.07) is 10.3. The van der Waals surface area contributed by atoms with Crippen LogP contribution in [-0.2, 0) is 28.4 Å². The van der Waals surface area contributed by atoms with Crippen LogP contribution in [0.15, 0.2) is 54.7 Å². The largest absolute Gasteiger partial charge is 0.508 e. The number of amides is 1. The van der Waals surface area contributed by atoms with Crippen LogP contribution >= 0.6 is 0 Å². The summed E-state index contributed by atoms with van der Waals surface area (Å²) in [5.41, 5.74) is -1.03. The van der Waals surface area contributed by atoms with E-state index < -0.39 is 42.1 Å². The highest BCUT2D eigenvalue weighted by atomic mass is 19.4. The lowest BCUT2D eigenvalue weighted by Gasteiger charge is -2.32. The second kappa shape index (κ2) is 13.1. The number of nitrogens with zero attached hydrogens (tertiary/aromatic N) is 3. The van der Waals surface area contributed by atoms with E-state index in [9.17, 15) is 35.9 Å². The Morgan fingerprint density at radius 3 is 2.14 bits per heavy atom. The highest BCUT2D eigenvalue weighted by Gasteiger charge is 2.37. The maximum atomic E-state index is 13.7. The van der Waals surface area contributed by atoms with Crippen LogP contribution in [0.25, 0.3) is 11.1 Å². The van der Waals surface area contributed by atoms with Crippen molar-refractivity contribution < 1.29 is 45.4 Å². The van der Waals surface area contributed by atoms with Gasteiger partial charge in [-0.15, -0.1) is 0 Å². The second-order valence-corrected chi connectivity index (χ2v) is 10.5. The summed E-state index contributed by atoms with van der Waals surface area (Å²) in [6.45, 7) is 4.26. The lowest BCUT2D eigenvalue weighted by Crippen LogP contribution is -2.38. The van der Waals surface area contributed by atoms with Crippen LogP contribution in [0.2, 0.25) is 0 Å². The van der Waals surface area contributed by atoms with Gasteiger partial charge >= 0.3 is 18.5 Å². The highest BCUT2D eigenvalue weighted by Crippen LogP contribution is 2.37. The van der Waals surface area contributed by atoms with Gasteiger partial charge in [-0.2, -0.15) is 26.3 Å². The Morgan fingerprint density at radius 2 is 1.57 bits per heavy atom. The summed E-state index contributed by atoms with van der Waals surface area (Å²) in [5, 5.41) is 0. The van der Waals surface area contributed by atoms with Gasteiger partial charge in [0.15, 0.2) is 0 Å². The molecule has 1 saturated heterocycles.